The van der Waals surface area contributed by atoms with Crippen molar-refractivity contribution in [2.75, 3.05) is 31.1 Å². The zero-order chi connectivity index (χ0) is 25.1. The average Bonchev–Trinajstić information content (AvgIpc) is 2.91. The number of nitrogens with zero attached hydrogens (tertiary/aromatic N) is 4. The van der Waals surface area contributed by atoms with Gasteiger partial charge in [-0.2, -0.15) is 4.31 Å². The summed E-state index contributed by atoms with van der Waals surface area (Å²) in [7, 11) is -3.78. The highest BCUT2D eigenvalue weighted by Gasteiger charge is 2.30. The fourth-order valence-electron chi connectivity index (χ4n) is 4.10. The largest absolute Gasteiger partial charge is 0.457 e. The van der Waals surface area contributed by atoms with Crippen LogP contribution in [0.25, 0.3) is 11.3 Å². The molecule has 1 aliphatic rings. The molecule has 7 nitrogen and oxygen atoms in total. The Kier molecular flexibility index (Phi) is 6.67. The molecule has 0 unspecified atom stereocenters. The first-order valence-corrected chi connectivity index (χ1v) is 13.0. The lowest BCUT2D eigenvalue weighted by molar-refractivity contribution is 0.382. The molecule has 1 fully saturated rings. The van der Waals surface area contributed by atoms with Crippen molar-refractivity contribution < 1.29 is 17.5 Å². The number of anilines is 1. The minimum Gasteiger partial charge on any atom is -0.457 e. The summed E-state index contributed by atoms with van der Waals surface area (Å²) in [5.41, 5.74) is 2.20. The molecule has 5 rings (SSSR count). The Morgan fingerprint density at radius 3 is 2.28 bits per heavy atom. The average molecular weight is 505 g/mol. The lowest BCUT2D eigenvalue weighted by atomic mass is 10.1. The molecule has 9 heteroatoms. The van der Waals surface area contributed by atoms with Crippen molar-refractivity contribution in [3.63, 3.8) is 0 Å². The van der Waals surface area contributed by atoms with Gasteiger partial charge in [-0.3, -0.25) is 0 Å². The van der Waals surface area contributed by atoms with E-state index in [2.05, 4.69) is 4.98 Å². The van der Waals surface area contributed by atoms with E-state index in [0.717, 1.165) is 28.8 Å². The maximum Gasteiger partial charge on any atom is 0.243 e. The molecule has 184 valence electrons. The number of piperazine rings is 1. The van der Waals surface area contributed by atoms with Crippen molar-refractivity contribution in [1.29, 1.82) is 0 Å². The van der Waals surface area contributed by atoms with E-state index >= 15 is 0 Å². The Morgan fingerprint density at radius 2 is 1.56 bits per heavy atom. The molecule has 0 amide bonds. The van der Waals surface area contributed by atoms with E-state index in [9.17, 15) is 12.8 Å². The number of para-hydroxylation sites is 1. The van der Waals surface area contributed by atoms with Gasteiger partial charge in [-0.15, -0.1) is 0 Å². The maximum atomic E-state index is 13.7. The number of aryl methyl sites for hydroxylation is 1. The van der Waals surface area contributed by atoms with E-state index in [0.29, 0.717) is 24.6 Å². The van der Waals surface area contributed by atoms with Crippen molar-refractivity contribution in [2.24, 2.45) is 0 Å². The van der Waals surface area contributed by atoms with Crippen molar-refractivity contribution in [1.82, 2.24) is 14.3 Å². The summed E-state index contributed by atoms with van der Waals surface area (Å²) in [6, 6.07) is 22.9. The number of hydrogen-bond acceptors (Lipinski definition) is 6. The molecule has 0 spiro atoms. The van der Waals surface area contributed by atoms with Crippen molar-refractivity contribution in [3.05, 3.63) is 96.4 Å². The van der Waals surface area contributed by atoms with Crippen LogP contribution in [0.4, 0.5) is 10.3 Å². The van der Waals surface area contributed by atoms with E-state index in [1.807, 2.05) is 65.6 Å². The Labute approximate surface area is 209 Å². The fraction of sp³-hybridized carbons (Fsp3) is 0.185. The van der Waals surface area contributed by atoms with Gasteiger partial charge in [-0.1, -0.05) is 24.3 Å². The molecule has 1 aliphatic heterocycles. The molecular formula is C27H25FN4O3S. The van der Waals surface area contributed by atoms with Gasteiger partial charge in [0.15, 0.2) is 0 Å². The Bertz CT molecular complexity index is 1460. The molecule has 0 atom stereocenters. The third-order valence-electron chi connectivity index (χ3n) is 6.06. The Hall–Kier alpha value is -3.82. The summed E-state index contributed by atoms with van der Waals surface area (Å²) in [5, 5.41) is 0. The third-order valence-corrected chi connectivity index (χ3v) is 8.10. The molecule has 36 heavy (non-hydrogen) atoms. The molecule has 3 aromatic carbocycles. The normalized spacial score (nSPS) is 14.6. The van der Waals surface area contributed by atoms with Crippen molar-refractivity contribution >= 4 is 16.0 Å². The number of rotatable bonds is 6. The van der Waals surface area contributed by atoms with Gasteiger partial charge < -0.3 is 9.64 Å². The molecule has 0 radical (unpaired) electrons. The molecule has 0 saturated carbocycles. The molecule has 2 heterocycles. The fourth-order valence-corrected chi connectivity index (χ4v) is 5.76. The van der Waals surface area contributed by atoms with Crippen LogP contribution in [0.15, 0.2) is 90.0 Å². The molecule has 1 saturated heterocycles. The summed E-state index contributed by atoms with van der Waals surface area (Å²) in [5.74, 6) is 1.46. The Morgan fingerprint density at radius 1 is 0.861 bits per heavy atom. The van der Waals surface area contributed by atoms with Crippen LogP contribution in [-0.4, -0.2) is 48.9 Å². The molecule has 4 aromatic rings. The lowest BCUT2D eigenvalue weighted by Crippen LogP contribution is -2.49. The first-order chi connectivity index (χ1) is 17.4. The smallest absolute Gasteiger partial charge is 0.243 e. The van der Waals surface area contributed by atoms with Crippen LogP contribution in [0.3, 0.4) is 0 Å². The standard InChI is InChI=1S/C27H25FN4O3S/c1-20-7-10-22(28)19-26(20)36(33,34)32-17-15-31(16-18-32)27-29-14-13-25(30-27)21-8-11-24(12-9-21)35-23-5-3-2-4-6-23/h2-14,19H,15-18H2,1H3. The highest BCUT2D eigenvalue weighted by Crippen LogP contribution is 2.27. The first kappa shape index (κ1) is 23.9. The predicted octanol–water partition coefficient (Wildman–Crippen LogP) is 4.89. The van der Waals surface area contributed by atoms with E-state index in [1.165, 1.54) is 16.4 Å². The topological polar surface area (TPSA) is 75.6 Å². The molecule has 0 bridgehead atoms. The van der Waals surface area contributed by atoms with Crippen LogP contribution in [0.1, 0.15) is 5.56 Å². The van der Waals surface area contributed by atoms with Crippen LogP contribution in [0.2, 0.25) is 0 Å². The zero-order valence-electron chi connectivity index (χ0n) is 19.7. The number of ether oxygens (including phenoxy) is 1. The first-order valence-electron chi connectivity index (χ1n) is 11.6. The van der Waals surface area contributed by atoms with Crippen LogP contribution >= 0.6 is 0 Å². The summed E-state index contributed by atoms with van der Waals surface area (Å²) in [4.78, 5) is 11.1. The number of hydrogen-bond donors (Lipinski definition) is 0. The van der Waals surface area contributed by atoms with Gasteiger partial charge in [0, 0.05) is 37.9 Å². The quantitative estimate of drug-likeness (QED) is 0.372. The monoisotopic (exact) mass is 504 g/mol. The van der Waals surface area contributed by atoms with Crippen molar-refractivity contribution in [2.45, 2.75) is 11.8 Å². The molecule has 0 aliphatic carbocycles. The highest BCUT2D eigenvalue weighted by molar-refractivity contribution is 7.89. The van der Waals surface area contributed by atoms with Gasteiger partial charge in [0.25, 0.3) is 0 Å². The minimum absolute atomic E-state index is 0.00823. The summed E-state index contributed by atoms with van der Waals surface area (Å²) < 4.78 is 47.1. The summed E-state index contributed by atoms with van der Waals surface area (Å²) >= 11 is 0. The van der Waals surface area contributed by atoms with Gasteiger partial charge in [0.2, 0.25) is 16.0 Å². The van der Waals surface area contributed by atoms with Crippen LogP contribution < -0.4 is 9.64 Å². The third kappa shape index (κ3) is 5.07. The van der Waals surface area contributed by atoms with Crippen molar-refractivity contribution in [3.8, 4) is 22.8 Å². The molecular weight excluding hydrogens is 479 g/mol. The SMILES string of the molecule is Cc1ccc(F)cc1S(=O)(=O)N1CCN(c2nccc(-c3ccc(Oc4ccccc4)cc3)n2)CC1. The molecule has 1 aromatic heterocycles. The minimum atomic E-state index is -3.78. The zero-order valence-corrected chi connectivity index (χ0v) is 20.5. The summed E-state index contributed by atoms with van der Waals surface area (Å²) in [6.45, 7) is 3.05. The van der Waals surface area contributed by atoms with E-state index in [4.69, 9.17) is 9.72 Å². The maximum absolute atomic E-state index is 13.7. The van der Waals surface area contributed by atoms with Crippen LogP contribution in [0, 0.1) is 12.7 Å². The predicted molar refractivity (Wildman–Crippen MR) is 136 cm³/mol. The van der Waals surface area contributed by atoms with E-state index < -0.39 is 15.8 Å². The van der Waals surface area contributed by atoms with E-state index in [-0.39, 0.29) is 18.0 Å². The molecule has 0 N–H and O–H groups in total. The van der Waals surface area contributed by atoms with Gasteiger partial charge in [-0.05, 0) is 67.1 Å². The number of sulfonamides is 1. The second kappa shape index (κ2) is 10.0. The number of aromatic nitrogens is 2. The number of benzene rings is 3. The Balaban J connectivity index is 1.27. The highest BCUT2D eigenvalue weighted by atomic mass is 32.2. The summed E-state index contributed by atoms with van der Waals surface area (Å²) in [6.07, 6.45) is 1.70. The van der Waals surface area contributed by atoms with Gasteiger partial charge in [0.1, 0.15) is 17.3 Å². The van der Waals surface area contributed by atoms with Gasteiger partial charge >= 0.3 is 0 Å². The van der Waals surface area contributed by atoms with E-state index in [1.54, 1.807) is 13.1 Å². The lowest BCUT2D eigenvalue weighted by Gasteiger charge is -2.34. The van der Waals surface area contributed by atoms with Crippen LogP contribution in [0.5, 0.6) is 11.5 Å². The van der Waals surface area contributed by atoms with Crippen LogP contribution in [-0.2, 0) is 10.0 Å². The van der Waals surface area contributed by atoms with Gasteiger partial charge in [0.05, 0.1) is 10.6 Å². The van der Waals surface area contributed by atoms with Gasteiger partial charge in [-0.25, -0.2) is 22.8 Å². The second-order valence-electron chi connectivity index (χ2n) is 8.48. The number of halogens is 1. The second-order valence-corrected chi connectivity index (χ2v) is 10.4.